The molecule has 1 saturated carbocycles. The lowest BCUT2D eigenvalue weighted by molar-refractivity contribution is 0.0633. The minimum atomic E-state index is -0.0660. The number of aromatic nitrogens is 1. The van der Waals surface area contributed by atoms with Gasteiger partial charge in [0.05, 0.1) is 24.2 Å². The minimum absolute atomic E-state index is 0.0660. The van der Waals surface area contributed by atoms with Gasteiger partial charge < -0.3 is 15.0 Å². The van der Waals surface area contributed by atoms with Gasteiger partial charge in [-0.25, -0.2) is 0 Å². The zero-order chi connectivity index (χ0) is 19.8. The average Bonchev–Trinajstić information content (AvgIpc) is 3.63. The maximum Gasteiger partial charge on any atom is 0.255 e. The summed E-state index contributed by atoms with van der Waals surface area (Å²) in [6, 6.07) is 17.9. The molecule has 5 nitrogen and oxygen atoms in total. The van der Waals surface area contributed by atoms with Gasteiger partial charge in [-0.05, 0) is 31.0 Å². The van der Waals surface area contributed by atoms with E-state index < -0.39 is 0 Å². The standard InChI is InChI=1S/C24H25N3O2/c1-29-23-9-5-3-7-18(23)22-15-25-12-13-27(22)24(28)19-14-21(16-10-11-16)26-20-8-4-2-6-17(19)20/h2-9,14,16,22,25H,10-13,15H2,1H3. The van der Waals surface area contributed by atoms with Gasteiger partial charge in [-0.3, -0.25) is 9.78 Å². The molecule has 0 radical (unpaired) electrons. The van der Waals surface area contributed by atoms with E-state index in [4.69, 9.17) is 9.72 Å². The molecule has 5 heteroatoms. The molecule has 2 fully saturated rings. The Labute approximate surface area is 170 Å². The van der Waals surface area contributed by atoms with Gasteiger partial charge in [0, 0.05) is 42.2 Å². The number of piperazine rings is 1. The SMILES string of the molecule is COc1ccccc1C1CNCCN1C(=O)c1cc(C2CC2)nc2ccccc12. The molecule has 1 aliphatic heterocycles. The van der Waals surface area contributed by atoms with Gasteiger partial charge in [-0.2, -0.15) is 0 Å². The van der Waals surface area contributed by atoms with E-state index in [1.807, 2.05) is 53.4 Å². The second kappa shape index (κ2) is 7.48. The number of rotatable bonds is 4. The van der Waals surface area contributed by atoms with Crippen LogP contribution in [0.1, 0.15) is 46.4 Å². The zero-order valence-electron chi connectivity index (χ0n) is 16.6. The highest BCUT2D eigenvalue weighted by Gasteiger charge is 2.33. The highest BCUT2D eigenvalue weighted by molar-refractivity contribution is 6.06. The van der Waals surface area contributed by atoms with E-state index in [1.165, 1.54) is 0 Å². The smallest absolute Gasteiger partial charge is 0.255 e. The summed E-state index contributed by atoms with van der Waals surface area (Å²) in [5.41, 5.74) is 3.76. The van der Waals surface area contributed by atoms with E-state index in [0.717, 1.165) is 52.9 Å². The summed E-state index contributed by atoms with van der Waals surface area (Å²) >= 11 is 0. The quantitative estimate of drug-likeness (QED) is 0.738. The van der Waals surface area contributed by atoms with Crippen LogP contribution < -0.4 is 10.1 Å². The van der Waals surface area contributed by atoms with E-state index in [1.54, 1.807) is 7.11 Å². The molecule has 1 unspecified atom stereocenters. The Morgan fingerprint density at radius 1 is 1.14 bits per heavy atom. The van der Waals surface area contributed by atoms with Crippen molar-refractivity contribution < 1.29 is 9.53 Å². The number of hydrogen-bond donors (Lipinski definition) is 1. The Morgan fingerprint density at radius 3 is 2.76 bits per heavy atom. The number of nitrogens with one attached hydrogen (secondary N) is 1. The van der Waals surface area contributed by atoms with Crippen molar-refractivity contribution in [3.05, 3.63) is 71.4 Å². The van der Waals surface area contributed by atoms with Crippen LogP contribution in [0.5, 0.6) is 5.75 Å². The van der Waals surface area contributed by atoms with Crippen LogP contribution in [0.3, 0.4) is 0 Å². The van der Waals surface area contributed by atoms with Crippen LogP contribution >= 0.6 is 0 Å². The Morgan fingerprint density at radius 2 is 1.93 bits per heavy atom. The number of carbonyl (C=O) groups excluding carboxylic acids is 1. The van der Waals surface area contributed by atoms with Gasteiger partial charge in [0.25, 0.3) is 5.91 Å². The molecule has 2 aromatic carbocycles. The van der Waals surface area contributed by atoms with Crippen LogP contribution in [0.25, 0.3) is 10.9 Å². The fourth-order valence-electron chi connectivity index (χ4n) is 4.28. The Bertz CT molecular complexity index is 1060. The first-order chi connectivity index (χ1) is 14.3. The number of ether oxygens (including phenoxy) is 1. The van der Waals surface area contributed by atoms with Gasteiger partial charge in [0.2, 0.25) is 0 Å². The number of fused-ring (bicyclic) bond motifs is 1. The molecule has 1 aromatic heterocycles. The first kappa shape index (κ1) is 18.1. The van der Waals surface area contributed by atoms with Crippen molar-refractivity contribution in [3.8, 4) is 5.75 Å². The van der Waals surface area contributed by atoms with Crippen molar-refractivity contribution in [2.75, 3.05) is 26.7 Å². The lowest BCUT2D eigenvalue weighted by Crippen LogP contribution is -2.48. The van der Waals surface area contributed by atoms with Crippen molar-refractivity contribution in [2.24, 2.45) is 0 Å². The maximum atomic E-state index is 13.8. The second-order valence-corrected chi connectivity index (χ2v) is 7.85. The molecule has 29 heavy (non-hydrogen) atoms. The van der Waals surface area contributed by atoms with E-state index in [9.17, 15) is 4.79 Å². The first-order valence-corrected chi connectivity index (χ1v) is 10.3. The number of carbonyl (C=O) groups is 1. The first-order valence-electron chi connectivity index (χ1n) is 10.3. The number of hydrogen-bond acceptors (Lipinski definition) is 4. The molecule has 2 heterocycles. The fraction of sp³-hybridized carbons (Fsp3) is 0.333. The molecule has 2 aliphatic rings. The summed E-state index contributed by atoms with van der Waals surface area (Å²) in [4.78, 5) is 20.6. The molecule has 1 N–H and O–H groups in total. The molecule has 0 bridgehead atoms. The molecule has 148 valence electrons. The van der Waals surface area contributed by atoms with Crippen molar-refractivity contribution in [2.45, 2.75) is 24.8 Å². The minimum Gasteiger partial charge on any atom is -0.496 e. The van der Waals surface area contributed by atoms with Crippen molar-refractivity contribution in [1.29, 1.82) is 0 Å². The summed E-state index contributed by atoms with van der Waals surface area (Å²) < 4.78 is 5.59. The van der Waals surface area contributed by atoms with Gasteiger partial charge >= 0.3 is 0 Å². The van der Waals surface area contributed by atoms with E-state index in [2.05, 4.69) is 11.4 Å². The topological polar surface area (TPSA) is 54.5 Å². The summed E-state index contributed by atoms with van der Waals surface area (Å²) in [7, 11) is 1.68. The van der Waals surface area contributed by atoms with Crippen LogP contribution in [0.2, 0.25) is 0 Å². The summed E-state index contributed by atoms with van der Waals surface area (Å²) in [5, 5.41) is 4.37. The summed E-state index contributed by atoms with van der Waals surface area (Å²) in [5.74, 6) is 1.39. The molecular formula is C24H25N3O2. The van der Waals surface area contributed by atoms with Gasteiger partial charge in [-0.15, -0.1) is 0 Å². The maximum absolute atomic E-state index is 13.8. The second-order valence-electron chi connectivity index (χ2n) is 7.85. The molecule has 0 spiro atoms. The van der Waals surface area contributed by atoms with Gasteiger partial charge in [0.1, 0.15) is 5.75 Å². The highest BCUT2D eigenvalue weighted by Crippen LogP contribution is 2.40. The number of para-hydroxylation sites is 2. The van der Waals surface area contributed by atoms with Crippen LogP contribution in [-0.2, 0) is 0 Å². The number of pyridine rings is 1. The van der Waals surface area contributed by atoms with Gasteiger partial charge in [0.15, 0.2) is 0 Å². The number of benzene rings is 2. The fourth-order valence-corrected chi connectivity index (χ4v) is 4.28. The Balaban J connectivity index is 1.58. The van der Waals surface area contributed by atoms with Crippen LogP contribution in [0.15, 0.2) is 54.6 Å². The van der Waals surface area contributed by atoms with E-state index >= 15 is 0 Å². The Hall–Kier alpha value is -2.92. The lowest BCUT2D eigenvalue weighted by Gasteiger charge is -2.37. The zero-order valence-corrected chi connectivity index (χ0v) is 16.6. The predicted octanol–water partition coefficient (Wildman–Crippen LogP) is 3.91. The molecule has 1 aliphatic carbocycles. The van der Waals surface area contributed by atoms with Crippen molar-refractivity contribution >= 4 is 16.8 Å². The summed E-state index contributed by atoms with van der Waals surface area (Å²) in [6.07, 6.45) is 2.33. The van der Waals surface area contributed by atoms with Crippen LogP contribution in [0.4, 0.5) is 0 Å². The molecular weight excluding hydrogens is 362 g/mol. The van der Waals surface area contributed by atoms with Crippen molar-refractivity contribution in [1.82, 2.24) is 15.2 Å². The van der Waals surface area contributed by atoms with E-state index in [-0.39, 0.29) is 11.9 Å². The predicted molar refractivity (Wildman–Crippen MR) is 113 cm³/mol. The third-order valence-electron chi connectivity index (χ3n) is 5.96. The lowest BCUT2D eigenvalue weighted by atomic mass is 9.99. The molecule has 1 amide bonds. The molecule has 1 saturated heterocycles. The highest BCUT2D eigenvalue weighted by atomic mass is 16.5. The van der Waals surface area contributed by atoms with Crippen LogP contribution in [-0.4, -0.2) is 42.5 Å². The van der Waals surface area contributed by atoms with E-state index in [0.29, 0.717) is 19.0 Å². The Kier molecular flexibility index (Phi) is 4.68. The summed E-state index contributed by atoms with van der Waals surface area (Å²) in [6.45, 7) is 2.16. The van der Waals surface area contributed by atoms with Crippen LogP contribution in [0, 0.1) is 0 Å². The molecule has 1 atom stereocenters. The third kappa shape index (κ3) is 3.36. The monoisotopic (exact) mass is 387 g/mol. The number of methoxy groups -OCH3 is 1. The molecule has 5 rings (SSSR count). The number of nitrogens with zero attached hydrogens (tertiary/aromatic N) is 2. The van der Waals surface area contributed by atoms with Crippen molar-refractivity contribution in [3.63, 3.8) is 0 Å². The number of amides is 1. The largest absolute Gasteiger partial charge is 0.496 e. The van der Waals surface area contributed by atoms with Gasteiger partial charge in [-0.1, -0.05) is 36.4 Å². The average molecular weight is 387 g/mol. The normalized spacial score (nSPS) is 19.3. The molecule has 3 aromatic rings. The third-order valence-corrected chi connectivity index (χ3v) is 5.96.